The number of thiazole rings is 1. The quantitative estimate of drug-likeness (QED) is 0.934. The number of aromatic nitrogens is 1. The lowest BCUT2D eigenvalue weighted by atomic mass is 10.1. The van der Waals surface area contributed by atoms with Gasteiger partial charge in [-0.05, 0) is 25.1 Å². The van der Waals surface area contributed by atoms with E-state index in [2.05, 4.69) is 0 Å². The van der Waals surface area contributed by atoms with Crippen molar-refractivity contribution in [3.63, 3.8) is 0 Å². The second-order valence-corrected chi connectivity index (χ2v) is 5.78. The van der Waals surface area contributed by atoms with E-state index in [0.717, 1.165) is 21.8 Å². The summed E-state index contributed by atoms with van der Waals surface area (Å²) in [6.45, 7) is 2.43. The Labute approximate surface area is 124 Å². The smallest absolute Gasteiger partial charge is 0.323 e. The molecule has 1 aliphatic rings. The Morgan fingerprint density at radius 3 is 2.76 bits per heavy atom. The van der Waals surface area contributed by atoms with Crippen LogP contribution < -0.4 is 14.3 Å². The first kappa shape index (κ1) is 13.7. The molecule has 2 aromatic rings. The van der Waals surface area contributed by atoms with Crippen LogP contribution in [0, 0.1) is 6.92 Å². The lowest BCUT2D eigenvalue weighted by Crippen LogP contribution is -2.20. The highest BCUT2D eigenvalue weighted by molar-refractivity contribution is 7.09. The largest absolute Gasteiger partial charge is 0.486 e. The van der Waals surface area contributed by atoms with Crippen molar-refractivity contribution in [1.29, 1.82) is 0 Å². The Kier molecular flexibility index (Phi) is 3.42. The topological polar surface area (TPSA) is 77.8 Å². The molecule has 0 saturated heterocycles. The highest BCUT2D eigenvalue weighted by Crippen LogP contribution is 2.35. The second-order valence-electron chi connectivity index (χ2n) is 4.61. The molecule has 6 nitrogen and oxygen atoms in total. The number of carboxylic acid groups (broad SMARTS) is 1. The van der Waals surface area contributed by atoms with Crippen molar-refractivity contribution in [1.82, 2.24) is 4.57 Å². The maximum atomic E-state index is 11.9. The summed E-state index contributed by atoms with van der Waals surface area (Å²) in [6, 6.07) is 5.36. The SMILES string of the molecule is Cc1sc(=O)n(CC(=O)O)c1-c1ccc2c(c1)OCCO2. The van der Waals surface area contributed by atoms with Crippen LogP contribution in [-0.2, 0) is 11.3 Å². The zero-order chi connectivity index (χ0) is 15.0. The molecule has 0 fully saturated rings. The molecule has 0 radical (unpaired) electrons. The molecule has 0 saturated carbocycles. The van der Waals surface area contributed by atoms with Crippen LogP contribution in [0.4, 0.5) is 0 Å². The van der Waals surface area contributed by atoms with Crippen molar-refractivity contribution in [2.24, 2.45) is 0 Å². The predicted octanol–water partition coefficient (Wildman–Crippen LogP) is 1.74. The fraction of sp³-hybridized carbons (Fsp3) is 0.286. The Balaban J connectivity index is 2.12. The Morgan fingerprint density at radius 1 is 1.33 bits per heavy atom. The molecule has 3 rings (SSSR count). The monoisotopic (exact) mass is 307 g/mol. The third-order valence-corrected chi connectivity index (χ3v) is 4.07. The second kappa shape index (κ2) is 5.25. The predicted molar refractivity (Wildman–Crippen MR) is 77.4 cm³/mol. The number of hydrogen-bond acceptors (Lipinski definition) is 5. The average molecular weight is 307 g/mol. The first-order chi connectivity index (χ1) is 10.1. The molecule has 0 atom stereocenters. The highest BCUT2D eigenvalue weighted by Gasteiger charge is 2.19. The minimum Gasteiger partial charge on any atom is -0.486 e. The number of ether oxygens (including phenoxy) is 2. The van der Waals surface area contributed by atoms with Gasteiger partial charge in [0, 0.05) is 10.4 Å². The molecule has 1 aromatic carbocycles. The molecule has 0 spiro atoms. The fourth-order valence-electron chi connectivity index (χ4n) is 2.34. The molecule has 0 bridgehead atoms. The van der Waals surface area contributed by atoms with E-state index in [0.29, 0.717) is 30.4 Å². The molecule has 1 aromatic heterocycles. The number of carbonyl (C=O) groups is 1. The third kappa shape index (κ3) is 2.52. The molecule has 21 heavy (non-hydrogen) atoms. The Bertz CT molecular complexity index is 761. The van der Waals surface area contributed by atoms with Gasteiger partial charge in [0.25, 0.3) is 0 Å². The van der Waals surface area contributed by atoms with E-state index in [4.69, 9.17) is 14.6 Å². The molecule has 0 unspecified atom stereocenters. The van der Waals surface area contributed by atoms with Gasteiger partial charge in [-0.1, -0.05) is 11.3 Å². The summed E-state index contributed by atoms with van der Waals surface area (Å²) in [4.78, 5) is 23.4. The summed E-state index contributed by atoms with van der Waals surface area (Å²) < 4.78 is 12.3. The van der Waals surface area contributed by atoms with Gasteiger partial charge in [-0.3, -0.25) is 14.2 Å². The number of rotatable bonds is 3. The molecule has 1 N–H and O–H groups in total. The minimum atomic E-state index is -1.05. The first-order valence-corrected chi connectivity index (χ1v) is 7.20. The Morgan fingerprint density at radius 2 is 2.05 bits per heavy atom. The minimum absolute atomic E-state index is 0.278. The van der Waals surface area contributed by atoms with Crippen LogP contribution in [0.15, 0.2) is 23.0 Å². The van der Waals surface area contributed by atoms with Gasteiger partial charge in [0.1, 0.15) is 19.8 Å². The van der Waals surface area contributed by atoms with Crippen LogP contribution in [-0.4, -0.2) is 28.9 Å². The van der Waals surface area contributed by atoms with Crippen molar-refractivity contribution in [2.75, 3.05) is 13.2 Å². The summed E-state index contributed by atoms with van der Waals surface area (Å²) in [6.07, 6.45) is 0. The van der Waals surface area contributed by atoms with E-state index in [9.17, 15) is 9.59 Å². The van der Waals surface area contributed by atoms with E-state index >= 15 is 0 Å². The molecule has 2 heterocycles. The van der Waals surface area contributed by atoms with Crippen molar-refractivity contribution < 1.29 is 19.4 Å². The lowest BCUT2D eigenvalue weighted by molar-refractivity contribution is -0.137. The normalized spacial score (nSPS) is 13.2. The number of benzene rings is 1. The number of fused-ring (bicyclic) bond motifs is 1. The van der Waals surface area contributed by atoms with E-state index in [-0.39, 0.29) is 11.4 Å². The van der Waals surface area contributed by atoms with Gasteiger partial charge in [0.05, 0.1) is 5.69 Å². The maximum Gasteiger partial charge on any atom is 0.323 e. The Hall–Kier alpha value is -2.28. The van der Waals surface area contributed by atoms with Gasteiger partial charge in [0.15, 0.2) is 11.5 Å². The lowest BCUT2D eigenvalue weighted by Gasteiger charge is -2.19. The van der Waals surface area contributed by atoms with Crippen molar-refractivity contribution in [2.45, 2.75) is 13.5 Å². The summed E-state index contributed by atoms with van der Waals surface area (Å²) in [5, 5.41) is 8.96. The molecule has 110 valence electrons. The number of nitrogens with zero attached hydrogens (tertiary/aromatic N) is 1. The van der Waals surface area contributed by atoms with Crippen LogP contribution in [0.2, 0.25) is 0 Å². The van der Waals surface area contributed by atoms with Gasteiger partial charge in [0.2, 0.25) is 0 Å². The van der Waals surface area contributed by atoms with Gasteiger partial charge in [-0.25, -0.2) is 0 Å². The van der Waals surface area contributed by atoms with Crippen LogP contribution in [0.3, 0.4) is 0 Å². The van der Waals surface area contributed by atoms with Crippen LogP contribution >= 0.6 is 11.3 Å². The number of carboxylic acids is 1. The first-order valence-electron chi connectivity index (χ1n) is 6.38. The van der Waals surface area contributed by atoms with Gasteiger partial charge < -0.3 is 14.6 Å². The van der Waals surface area contributed by atoms with E-state index in [1.165, 1.54) is 4.57 Å². The van der Waals surface area contributed by atoms with Crippen molar-refractivity contribution >= 4 is 17.3 Å². The summed E-state index contributed by atoms with van der Waals surface area (Å²) in [7, 11) is 0. The molecular formula is C14H13NO5S. The van der Waals surface area contributed by atoms with Gasteiger partial charge in [-0.15, -0.1) is 0 Å². The number of hydrogen-bond donors (Lipinski definition) is 1. The van der Waals surface area contributed by atoms with E-state index in [1.54, 1.807) is 25.1 Å². The van der Waals surface area contributed by atoms with Crippen molar-refractivity contribution in [3.05, 3.63) is 32.7 Å². The summed E-state index contributed by atoms with van der Waals surface area (Å²) in [5.74, 6) is 0.220. The summed E-state index contributed by atoms with van der Waals surface area (Å²) >= 11 is 1.04. The van der Waals surface area contributed by atoms with Gasteiger partial charge >= 0.3 is 10.8 Å². The van der Waals surface area contributed by atoms with Crippen LogP contribution in [0.5, 0.6) is 11.5 Å². The number of aliphatic carboxylic acids is 1. The zero-order valence-electron chi connectivity index (χ0n) is 11.3. The standard InChI is InChI=1S/C14H13NO5S/c1-8-13(15(7-12(16)17)14(18)21-8)9-2-3-10-11(6-9)20-5-4-19-10/h2-3,6H,4-5,7H2,1H3,(H,16,17). The van der Waals surface area contributed by atoms with Gasteiger partial charge in [-0.2, -0.15) is 0 Å². The number of aryl methyl sites for hydroxylation is 1. The summed E-state index contributed by atoms with van der Waals surface area (Å²) in [5.41, 5.74) is 1.36. The van der Waals surface area contributed by atoms with Crippen LogP contribution in [0.25, 0.3) is 11.3 Å². The van der Waals surface area contributed by atoms with Crippen LogP contribution in [0.1, 0.15) is 4.88 Å². The molecule has 7 heteroatoms. The molecule has 0 amide bonds. The maximum absolute atomic E-state index is 11.9. The fourth-order valence-corrected chi connectivity index (χ4v) is 3.20. The highest BCUT2D eigenvalue weighted by atomic mass is 32.1. The average Bonchev–Trinajstić information content (AvgIpc) is 2.72. The zero-order valence-corrected chi connectivity index (χ0v) is 12.1. The van der Waals surface area contributed by atoms with E-state index in [1.807, 2.05) is 0 Å². The van der Waals surface area contributed by atoms with E-state index < -0.39 is 5.97 Å². The molecule has 1 aliphatic heterocycles. The van der Waals surface area contributed by atoms with Crippen molar-refractivity contribution in [3.8, 4) is 22.8 Å². The molecular weight excluding hydrogens is 294 g/mol. The molecule has 0 aliphatic carbocycles. The third-order valence-electron chi connectivity index (χ3n) is 3.17.